The third-order valence-corrected chi connectivity index (χ3v) is 7.19. The number of unbranched alkanes of at least 4 members (excludes halogenated alkanes) is 5. The van der Waals surface area contributed by atoms with Gasteiger partial charge in [-0.15, -0.1) is 0 Å². The zero-order valence-corrected chi connectivity index (χ0v) is 22.7. The van der Waals surface area contributed by atoms with Crippen LogP contribution >= 0.6 is 7.82 Å². The molecular weight excluding hydrogens is 529 g/mol. The number of aliphatic hydroxyl groups is 3. The maximum atomic E-state index is 11.6. The van der Waals surface area contributed by atoms with E-state index in [0.717, 1.165) is 24.8 Å². The van der Waals surface area contributed by atoms with E-state index in [0.29, 0.717) is 29.0 Å². The zero-order chi connectivity index (χ0) is 28.0. The molecule has 4 rings (SSSR count). The number of fused-ring (bicyclic) bond motifs is 1. The second-order valence-corrected chi connectivity index (χ2v) is 10.8. The number of anilines is 1. The summed E-state index contributed by atoms with van der Waals surface area (Å²) in [5.41, 5.74) is 2.18. The number of imidazole rings is 1. The number of phosphoric acid groups is 1. The van der Waals surface area contributed by atoms with Crippen molar-refractivity contribution in [1.82, 2.24) is 19.5 Å². The van der Waals surface area contributed by atoms with Gasteiger partial charge >= 0.3 is 7.82 Å². The predicted octanol–water partition coefficient (Wildman–Crippen LogP) is 2.42. The number of benzene rings is 1. The molecule has 3 aromatic rings. The molecule has 1 aliphatic rings. The van der Waals surface area contributed by atoms with Gasteiger partial charge in [-0.25, -0.2) is 19.5 Å². The summed E-state index contributed by atoms with van der Waals surface area (Å²) in [6.07, 6.45) is 5.54. The number of nitrogens with one attached hydrogen (secondary N) is 1. The fourth-order valence-electron chi connectivity index (χ4n) is 4.69. The topological polar surface area (TPSA) is 192 Å². The Bertz CT molecular complexity index is 1280. The van der Waals surface area contributed by atoms with Crippen LogP contribution in [0.1, 0.15) is 62.8 Å². The summed E-state index contributed by atoms with van der Waals surface area (Å²) in [4.78, 5) is 31.7. The largest absolute Gasteiger partial charge is 0.524 e. The van der Waals surface area contributed by atoms with Crippen LogP contribution in [0.3, 0.4) is 0 Å². The molecule has 0 amide bonds. The van der Waals surface area contributed by atoms with Gasteiger partial charge in [-0.2, -0.15) is 0 Å². The van der Waals surface area contributed by atoms with E-state index in [-0.39, 0.29) is 12.3 Å². The Morgan fingerprint density at radius 3 is 2.56 bits per heavy atom. The number of rotatable bonds is 14. The molecule has 0 radical (unpaired) electrons. The van der Waals surface area contributed by atoms with Crippen molar-refractivity contribution in [1.29, 1.82) is 0 Å². The summed E-state index contributed by atoms with van der Waals surface area (Å²) in [6.45, 7) is 1.97. The molecule has 14 heteroatoms. The second kappa shape index (κ2) is 13.1. The molecule has 1 aliphatic heterocycles. The van der Waals surface area contributed by atoms with Gasteiger partial charge in [-0.1, -0.05) is 51.2 Å². The van der Waals surface area contributed by atoms with E-state index in [2.05, 4.69) is 27.2 Å². The van der Waals surface area contributed by atoms with Crippen LogP contribution in [0, 0.1) is 0 Å². The van der Waals surface area contributed by atoms with Gasteiger partial charge in [0.1, 0.15) is 30.4 Å². The van der Waals surface area contributed by atoms with E-state index in [1.54, 1.807) is 6.07 Å². The standard InChI is InChI=1S/C25H36N5O8P/c1-2-3-4-5-6-7-8-17-10-9-16(11-18(17)38-39(34,35)36)12-26-23-20-24(28-14-27-23)30(15-29-20)25-22(33)21(32)19(13-31)37-25/h9-11,14-15,19,21-22,25,31-33H,2-8,12-13H2,1H3,(H,26,27,28)(H2,34,35,36)/t19-,21-,22-,25-/m1/s1. The number of hydrogen-bond donors (Lipinski definition) is 6. The number of aromatic nitrogens is 4. The Kier molecular flexibility index (Phi) is 9.89. The first-order chi connectivity index (χ1) is 18.7. The van der Waals surface area contributed by atoms with Gasteiger partial charge in [0.2, 0.25) is 0 Å². The summed E-state index contributed by atoms with van der Waals surface area (Å²) < 4.78 is 23.7. The zero-order valence-electron chi connectivity index (χ0n) is 21.8. The number of aryl methyl sites for hydroxylation is 1. The molecule has 0 aliphatic carbocycles. The molecule has 3 heterocycles. The van der Waals surface area contributed by atoms with Crippen molar-refractivity contribution in [2.45, 2.75) is 83.0 Å². The molecule has 0 bridgehead atoms. The summed E-state index contributed by atoms with van der Waals surface area (Å²) in [6, 6.07) is 5.29. The van der Waals surface area contributed by atoms with Gasteiger partial charge in [-0.3, -0.25) is 14.4 Å². The Balaban J connectivity index is 1.47. The van der Waals surface area contributed by atoms with Gasteiger partial charge in [0.05, 0.1) is 12.9 Å². The van der Waals surface area contributed by atoms with Crippen molar-refractivity contribution >= 4 is 24.8 Å². The van der Waals surface area contributed by atoms with E-state index in [1.165, 1.54) is 36.5 Å². The molecule has 214 valence electrons. The fraction of sp³-hybridized carbons (Fsp3) is 0.560. The molecule has 0 spiro atoms. The molecule has 4 atom stereocenters. The van der Waals surface area contributed by atoms with Gasteiger partial charge in [-0.05, 0) is 30.0 Å². The van der Waals surface area contributed by atoms with E-state index >= 15 is 0 Å². The van der Waals surface area contributed by atoms with Crippen molar-refractivity contribution in [3.8, 4) is 5.75 Å². The normalized spacial score (nSPS) is 21.5. The van der Waals surface area contributed by atoms with Crippen LogP contribution in [0.15, 0.2) is 30.9 Å². The van der Waals surface area contributed by atoms with Crippen LogP contribution < -0.4 is 9.84 Å². The van der Waals surface area contributed by atoms with Crippen LogP contribution in [0.5, 0.6) is 5.75 Å². The van der Waals surface area contributed by atoms with Crippen LogP contribution in [0.25, 0.3) is 11.2 Å². The van der Waals surface area contributed by atoms with Crippen LogP contribution in [-0.4, -0.2) is 69.5 Å². The minimum Gasteiger partial charge on any atom is -0.404 e. The number of phosphoric ester groups is 1. The van der Waals surface area contributed by atoms with Crippen molar-refractivity contribution in [2.75, 3.05) is 11.9 Å². The number of ether oxygens (including phenoxy) is 1. The third kappa shape index (κ3) is 7.31. The maximum Gasteiger partial charge on any atom is 0.524 e. The van der Waals surface area contributed by atoms with Gasteiger partial charge < -0.3 is 29.9 Å². The summed E-state index contributed by atoms with van der Waals surface area (Å²) >= 11 is 0. The average Bonchev–Trinajstić information content (AvgIpc) is 3.45. The first kappa shape index (κ1) is 29.3. The van der Waals surface area contributed by atoms with E-state index in [9.17, 15) is 29.7 Å². The Labute approximate surface area is 226 Å². The minimum absolute atomic E-state index is 0.151. The number of nitrogens with zero attached hydrogens (tertiary/aromatic N) is 4. The lowest BCUT2D eigenvalue weighted by atomic mass is 10.0. The summed E-state index contributed by atoms with van der Waals surface area (Å²) in [7, 11) is -4.74. The molecular formula is C25H36N5O8P. The Morgan fingerprint density at radius 1 is 1.08 bits per heavy atom. The third-order valence-electron chi connectivity index (χ3n) is 6.76. The Hall–Kier alpha value is -2.64. The van der Waals surface area contributed by atoms with Crippen LogP contribution in [0.4, 0.5) is 5.82 Å². The number of aliphatic hydroxyl groups excluding tert-OH is 3. The molecule has 1 aromatic carbocycles. The molecule has 6 N–H and O–H groups in total. The quantitative estimate of drug-likeness (QED) is 0.124. The lowest BCUT2D eigenvalue weighted by molar-refractivity contribution is -0.0511. The smallest absolute Gasteiger partial charge is 0.404 e. The van der Waals surface area contributed by atoms with Crippen LogP contribution in [0.2, 0.25) is 0 Å². The summed E-state index contributed by atoms with van der Waals surface area (Å²) in [5.74, 6) is 0.539. The van der Waals surface area contributed by atoms with Crippen molar-refractivity contribution in [3.63, 3.8) is 0 Å². The lowest BCUT2D eigenvalue weighted by Gasteiger charge is -2.16. The molecule has 39 heavy (non-hydrogen) atoms. The maximum absolute atomic E-state index is 11.6. The molecule has 0 saturated carbocycles. The highest BCUT2D eigenvalue weighted by Gasteiger charge is 2.44. The molecule has 1 saturated heterocycles. The van der Waals surface area contributed by atoms with E-state index in [4.69, 9.17) is 9.26 Å². The predicted molar refractivity (Wildman–Crippen MR) is 142 cm³/mol. The highest BCUT2D eigenvalue weighted by Crippen LogP contribution is 2.40. The lowest BCUT2D eigenvalue weighted by Crippen LogP contribution is -2.33. The minimum atomic E-state index is -4.74. The number of hydrogen-bond acceptors (Lipinski definition) is 10. The first-order valence-corrected chi connectivity index (χ1v) is 14.7. The fourth-order valence-corrected chi connectivity index (χ4v) is 5.11. The van der Waals surface area contributed by atoms with Crippen LogP contribution in [-0.2, 0) is 22.3 Å². The highest BCUT2D eigenvalue weighted by atomic mass is 31.2. The van der Waals surface area contributed by atoms with Gasteiger partial charge in [0, 0.05) is 6.54 Å². The monoisotopic (exact) mass is 565 g/mol. The second-order valence-electron chi connectivity index (χ2n) is 9.67. The van der Waals surface area contributed by atoms with Crippen molar-refractivity contribution < 1.29 is 38.9 Å². The highest BCUT2D eigenvalue weighted by molar-refractivity contribution is 7.46. The molecule has 13 nitrogen and oxygen atoms in total. The average molecular weight is 566 g/mol. The summed E-state index contributed by atoms with van der Waals surface area (Å²) in [5, 5.41) is 33.0. The van der Waals surface area contributed by atoms with Gasteiger partial charge in [0.25, 0.3) is 0 Å². The van der Waals surface area contributed by atoms with E-state index in [1.807, 2.05) is 12.1 Å². The van der Waals surface area contributed by atoms with Crippen molar-refractivity contribution in [2.24, 2.45) is 0 Å². The molecule has 2 aromatic heterocycles. The SMILES string of the molecule is CCCCCCCCc1ccc(CNc2ncnc3c2ncn3[C@@H]2O[C@H](CO)[C@@H](O)[C@H]2O)cc1OP(=O)(O)O. The first-order valence-electron chi connectivity index (χ1n) is 13.1. The molecule has 0 unspecified atom stereocenters. The van der Waals surface area contributed by atoms with Gasteiger partial charge in [0.15, 0.2) is 23.2 Å². The molecule has 1 fully saturated rings. The Morgan fingerprint density at radius 2 is 1.85 bits per heavy atom. The van der Waals surface area contributed by atoms with Crippen molar-refractivity contribution in [3.05, 3.63) is 42.0 Å². The van der Waals surface area contributed by atoms with E-state index < -0.39 is 39.0 Å².